The van der Waals surface area contributed by atoms with Gasteiger partial charge in [0.05, 0.1) is 31.1 Å². The zero-order valence-corrected chi connectivity index (χ0v) is 17.2. The van der Waals surface area contributed by atoms with Crippen molar-refractivity contribution in [1.29, 1.82) is 0 Å². The lowest BCUT2D eigenvalue weighted by molar-refractivity contribution is -0.143. The topological polar surface area (TPSA) is 82.1 Å². The highest BCUT2D eigenvalue weighted by Gasteiger charge is 2.38. The largest absolute Gasteiger partial charge is 0.482 e. The normalized spacial score (nSPS) is 14.8. The van der Waals surface area contributed by atoms with Gasteiger partial charge in [-0.15, -0.1) is 0 Å². The predicted octanol–water partition coefficient (Wildman–Crippen LogP) is 3.25. The summed E-state index contributed by atoms with van der Waals surface area (Å²) in [4.78, 5) is 37.9. The maximum atomic E-state index is 14.4. The fraction of sp³-hybridized carbons (Fsp3) is 0.174. The van der Waals surface area contributed by atoms with E-state index in [4.69, 9.17) is 9.47 Å². The molecule has 1 aliphatic rings. The third-order valence-electron chi connectivity index (χ3n) is 4.66. The monoisotopic (exact) mass is 425 g/mol. The molecule has 31 heavy (non-hydrogen) atoms. The molecule has 0 spiro atoms. The van der Waals surface area contributed by atoms with Crippen LogP contribution in [-0.4, -0.2) is 38.7 Å². The van der Waals surface area contributed by atoms with E-state index in [1.54, 1.807) is 37.3 Å². The number of allylic oxidation sites excluding steroid dienone is 1. The number of carbonyl (C=O) groups excluding carboxylic acids is 3. The first kappa shape index (κ1) is 21.8. The molecule has 0 aromatic heterocycles. The Kier molecular flexibility index (Phi) is 6.49. The summed E-state index contributed by atoms with van der Waals surface area (Å²) in [6.45, 7) is 1.32. The minimum absolute atomic E-state index is 0.0429. The number of nitrogens with zero attached hydrogens (tertiary/aromatic N) is 1. The van der Waals surface area contributed by atoms with Crippen molar-refractivity contribution in [2.45, 2.75) is 6.92 Å². The second-order valence-corrected chi connectivity index (χ2v) is 6.54. The van der Waals surface area contributed by atoms with Gasteiger partial charge >= 0.3 is 11.9 Å². The number of carbonyl (C=O) groups is 3. The van der Waals surface area contributed by atoms with Gasteiger partial charge in [-0.1, -0.05) is 24.3 Å². The Balaban J connectivity index is 1.96. The van der Waals surface area contributed by atoms with Crippen LogP contribution in [0.15, 0.2) is 65.4 Å². The molecular weight excluding hydrogens is 405 g/mol. The highest BCUT2D eigenvalue weighted by Crippen LogP contribution is 2.36. The molecule has 1 aliphatic heterocycles. The third-order valence-corrected chi connectivity index (χ3v) is 4.66. The second kappa shape index (κ2) is 9.25. The van der Waals surface area contributed by atoms with Crippen molar-refractivity contribution >= 4 is 29.6 Å². The second-order valence-electron chi connectivity index (χ2n) is 6.54. The maximum Gasteiger partial charge on any atom is 0.343 e. The number of hydrogen-bond donors (Lipinski definition) is 0. The zero-order chi connectivity index (χ0) is 22.5. The van der Waals surface area contributed by atoms with Crippen LogP contribution in [0, 0.1) is 5.82 Å². The van der Waals surface area contributed by atoms with Crippen LogP contribution in [0.25, 0.3) is 6.08 Å². The summed E-state index contributed by atoms with van der Waals surface area (Å²) >= 11 is 0. The zero-order valence-electron chi connectivity index (χ0n) is 17.2. The van der Waals surface area contributed by atoms with Crippen LogP contribution >= 0.6 is 0 Å². The SMILES string of the molecule is COC(=O)COc1ccc(/C=C2\C(=O)N(c3ccccc3F)C(C)=C2C(=O)OC)cc1. The predicted molar refractivity (Wildman–Crippen MR) is 111 cm³/mol. The summed E-state index contributed by atoms with van der Waals surface area (Å²) in [6, 6.07) is 12.3. The lowest BCUT2D eigenvalue weighted by atomic mass is 10.0. The van der Waals surface area contributed by atoms with E-state index in [-0.39, 0.29) is 29.1 Å². The quantitative estimate of drug-likeness (QED) is 0.522. The minimum atomic E-state index is -0.700. The van der Waals surface area contributed by atoms with Crippen LogP contribution in [0.1, 0.15) is 12.5 Å². The number of methoxy groups -OCH3 is 2. The Hall–Kier alpha value is -3.94. The van der Waals surface area contributed by atoms with Crippen LogP contribution in [0.4, 0.5) is 10.1 Å². The summed E-state index contributed by atoms with van der Waals surface area (Å²) < 4.78 is 29.0. The highest BCUT2D eigenvalue weighted by molar-refractivity contribution is 6.23. The Labute approximate surface area is 178 Å². The number of anilines is 1. The van der Waals surface area contributed by atoms with Crippen LogP contribution in [-0.2, 0) is 23.9 Å². The van der Waals surface area contributed by atoms with Gasteiger partial charge in [-0.2, -0.15) is 0 Å². The van der Waals surface area contributed by atoms with Crippen molar-refractivity contribution in [1.82, 2.24) is 0 Å². The molecule has 0 N–H and O–H groups in total. The van der Waals surface area contributed by atoms with Gasteiger partial charge in [-0.3, -0.25) is 9.69 Å². The van der Waals surface area contributed by atoms with Crippen LogP contribution < -0.4 is 9.64 Å². The molecule has 2 aromatic carbocycles. The summed E-state index contributed by atoms with van der Waals surface area (Å²) in [7, 11) is 2.47. The van der Waals surface area contributed by atoms with Gasteiger partial charge in [-0.25, -0.2) is 14.0 Å². The van der Waals surface area contributed by atoms with Crippen molar-refractivity contribution in [3.05, 3.63) is 76.8 Å². The van der Waals surface area contributed by atoms with E-state index in [9.17, 15) is 18.8 Å². The maximum absolute atomic E-state index is 14.4. The van der Waals surface area contributed by atoms with Gasteiger partial charge in [0, 0.05) is 5.70 Å². The molecule has 1 heterocycles. The van der Waals surface area contributed by atoms with Crippen LogP contribution in [0.3, 0.4) is 0 Å². The Morgan fingerprint density at radius 3 is 2.32 bits per heavy atom. The highest BCUT2D eigenvalue weighted by atomic mass is 19.1. The molecule has 0 aliphatic carbocycles. The Bertz CT molecular complexity index is 1090. The lowest BCUT2D eigenvalue weighted by Crippen LogP contribution is -2.25. The minimum Gasteiger partial charge on any atom is -0.482 e. The number of ether oxygens (including phenoxy) is 3. The summed E-state index contributed by atoms with van der Waals surface area (Å²) in [6.07, 6.45) is 1.52. The van der Waals surface area contributed by atoms with E-state index >= 15 is 0 Å². The molecule has 160 valence electrons. The lowest BCUT2D eigenvalue weighted by Gasteiger charge is -2.18. The molecule has 0 saturated carbocycles. The van der Waals surface area contributed by atoms with Gasteiger partial charge in [0.25, 0.3) is 5.91 Å². The van der Waals surface area contributed by atoms with E-state index in [2.05, 4.69) is 4.74 Å². The number of para-hydroxylation sites is 1. The molecule has 1 amide bonds. The van der Waals surface area contributed by atoms with Gasteiger partial charge in [0.15, 0.2) is 6.61 Å². The van der Waals surface area contributed by atoms with Gasteiger partial charge < -0.3 is 14.2 Å². The van der Waals surface area contributed by atoms with Crippen molar-refractivity contribution in [3.63, 3.8) is 0 Å². The van der Waals surface area contributed by atoms with Crippen molar-refractivity contribution < 1.29 is 33.0 Å². The first-order valence-corrected chi connectivity index (χ1v) is 9.27. The summed E-state index contributed by atoms with van der Waals surface area (Å²) in [5.74, 6) is -1.92. The molecule has 7 nitrogen and oxygen atoms in total. The number of halogens is 1. The average molecular weight is 425 g/mol. The van der Waals surface area contributed by atoms with Crippen LogP contribution in [0.5, 0.6) is 5.75 Å². The van der Waals surface area contributed by atoms with Gasteiger partial charge in [0.2, 0.25) is 0 Å². The fourth-order valence-electron chi connectivity index (χ4n) is 3.13. The average Bonchev–Trinajstić information content (AvgIpc) is 3.02. The van der Waals surface area contributed by atoms with E-state index in [0.29, 0.717) is 11.3 Å². The van der Waals surface area contributed by atoms with E-state index in [1.165, 1.54) is 38.5 Å². The number of esters is 2. The molecule has 0 fully saturated rings. The van der Waals surface area contributed by atoms with Gasteiger partial charge in [0.1, 0.15) is 11.6 Å². The van der Waals surface area contributed by atoms with Gasteiger partial charge in [-0.05, 0) is 42.8 Å². The third kappa shape index (κ3) is 4.48. The summed E-state index contributed by atoms with van der Waals surface area (Å²) in [5, 5.41) is 0. The number of amides is 1. The molecular formula is C23H20FNO6. The van der Waals surface area contributed by atoms with Crippen molar-refractivity contribution in [3.8, 4) is 5.75 Å². The standard InChI is InChI=1S/C23H20FNO6/c1-14-21(23(28)30-3)17(22(27)25(14)19-7-5-4-6-18(19)24)12-15-8-10-16(11-9-15)31-13-20(26)29-2/h4-12H,13H2,1-3H3/b17-12-. The van der Waals surface area contributed by atoms with Crippen LogP contribution in [0.2, 0.25) is 0 Å². The number of benzene rings is 2. The number of hydrogen-bond acceptors (Lipinski definition) is 6. The molecule has 2 aromatic rings. The molecule has 3 rings (SSSR count). The van der Waals surface area contributed by atoms with E-state index < -0.39 is 23.7 Å². The molecule has 0 bridgehead atoms. The van der Waals surface area contributed by atoms with Crippen molar-refractivity contribution in [2.24, 2.45) is 0 Å². The molecule has 0 unspecified atom stereocenters. The smallest absolute Gasteiger partial charge is 0.343 e. The molecule has 8 heteroatoms. The molecule has 0 saturated heterocycles. The number of rotatable bonds is 6. The van der Waals surface area contributed by atoms with E-state index in [0.717, 1.165) is 4.90 Å². The van der Waals surface area contributed by atoms with Crippen molar-refractivity contribution in [2.75, 3.05) is 25.7 Å². The molecule has 0 atom stereocenters. The van der Waals surface area contributed by atoms with E-state index in [1.807, 2.05) is 0 Å². The first-order valence-electron chi connectivity index (χ1n) is 9.27. The Morgan fingerprint density at radius 1 is 1.03 bits per heavy atom. The fourth-order valence-corrected chi connectivity index (χ4v) is 3.13. The summed E-state index contributed by atoms with van der Waals surface area (Å²) in [5.41, 5.74) is 1.04. The Morgan fingerprint density at radius 2 is 1.71 bits per heavy atom. The molecule has 0 radical (unpaired) electrons. The first-order chi connectivity index (χ1) is 14.9.